The van der Waals surface area contributed by atoms with Gasteiger partial charge in [0, 0.05) is 17.1 Å². The van der Waals surface area contributed by atoms with E-state index < -0.39 is 5.97 Å². The maximum absolute atomic E-state index is 11.4. The van der Waals surface area contributed by atoms with Crippen LogP contribution in [0, 0.1) is 0 Å². The quantitative estimate of drug-likeness (QED) is 0.655. The zero-order chi connectivity index (χ0) is 12.5. The molecule has 0 N–H and O–H groups in total. The molecule has 0 aromatic carbocycles. The molecular weight excluding hydrogens is 252 g/mol. The van der Waals surface area contributed by atoms with Crippen molar-refractivity contribution in [2.75, 3.05) is 7.11 Å². The Hall–Kier alpha value is -2.28. The molecule has 0 radical (unpaired) electrons. The Morgan fingerprint density at radius 2 is 2.33 bits per heavy atom. The highest BCUT2D eigenvalue weighted by Crippen LogP contribution is 2.21. The van der Waals surface area contributed by atoms with Crippen molar-refractivity contribution in [2.24, 2.45) is 0 Å². The van der Waals surface area contributed by atoms with Gasteiger partial charge in [-0.3, -0.25) is 0 Å². The van der Waals surface area contributed by atoms with Crippen LogP contribution in [0.15, 0.2) is 29.1 Å². The van der Waals surface area contributed by atoms with Crippen molar-refractivity contribution >= 4 is 23.1 Å². The van der Waals surface area contributed by atoms with E-state index in [1.807, 2.05) is 22.9 Å². The van der Waals surface area contributed by atoms with Gasteiger partial charge in [-0.15, -0.1) is 5.10 Å². The molecule has 0 aliphatic heterocycles. The van der Waals surface area contributed by atoms with Gasteiger partial charge in [0.2, 0.25) is 0 Å². The molecule has 0 saturated heterocycles. The molecule has 18 heavy (non-hydrogen) atoms. The van der Waals surface area contributed by atoms with Crippen LogP contribution in [-0.2, 0) is 4.74 Å². The highest BCUT2D eigenvalue weighted by Gasteiger charge is 2.15. The molecule has 0 saturated carbocycles. The lowest BCUT2D eigenvalue weighted by Crippen LogP contribution is -2.04. The lowest BCUT2D eigenvalue weighted by atomic mass is 10.2. The zero-order valence-corrected chi connectivity index (χ0v) is 10.2. The van der Waals surface area contributed by atoms with Gasteiger partial charge in [-0.25, -0.2) is 9.78 Å². The third-order valence-corrected chi connectivity index (χ3v) is 3.11. The van der Waals surface area contributed by atoms with Crippen molar-refractivity contribution in [3.8, 4) is 11.3 Å². The number of aromatic nitrogens is 4. The number of rotatable bonds is 2. The van der Waals surface area contributed by atoms with Gasteiger partial charge >= 0.3 is 5.97 Å². The van der Waals surface area contributed by atoms with Crippen molar-refractivity contribution in [3.05, 3.63) is 34.9 Å². The van der Waals surface area contributed by atoms with Crippen molar-refractivity contribution in [3.63, 3.8) is 0 Å². The third-order valence-electron chi connectivity index (χ3n) is 2.43. The summed E-state index contributed by atoms with van der Waals surface area (Å²) < 4.78 is 6.13. The second-order valence-corrected chi connectivity index (χ2v) is 4.26. The monoisotopic (exact) mass is 260 g/mol. The first-order chi connectivity index (χ1) is 8.79. The SMILES string of the molecule is COC(=O)c1nc2nccc(-c3ccsc3)n2n1. The van der Waals surface area contributed by atoms with Gasteiger partial charge in [0.15, 0.2) is 0 Å². The number of nitrogens with zero attached hydrogens (tertiary/aromatic N) is 4. The highest BCUT2D eigenvalue weighted by molar-refractivity contribution is 7.08. The zero-order valence-electron chi connectivity index (χ0n) is 9.40. The van der Waals surface area contributed by atoms with Gasteiger partial charge in [-0.05, 0) is 17.5 Å². The third kappa shape index (κ3) is 1.65. The van der Waals surface area contributed by atoms with Crippen molar-refractivity contribution in [2.45, 2.75) is 0 Å². The van der Waals surface area contributed by atoms with Crippen LogP contribution in [0.2, 0.25) is 0 Å². The van der Waals surface area contributed by atoms with Crippen LogP contribution in [-0.4, -0.2) is 32.7 Å². The van der Waals surface area contributed by atoms with E-state index in [2.05, 4.69) is 19.8 Å². The molecule has 3 heterocycles. The molecule has 0 atom stereocenters. The first-order valence-electron chi connectivity index (χ1n) is 5.12. The molecule has 0 spiro atoms. The molecule has 6 nitrogen and oxygen atoms in total. The Morgan fingerprint density at radius 3 is 3.06 bits per heavy atom. The molecule has 0 unspecified atom stereocenters. The maximum atomic E-state index is 11.4. The molecule has 3 aromatic rings. The van der Waals surface area contributed by atoms with E-state index in [1.165, 1.54) is 11.6 Å². The Kier molecular flexibility index (Phi) is 2.52. The van der Waals surface area contributed by atoms with E-state index in [0.29, 0.717) is 5.78 Å². The first-order valence-corrected chi connectivity index (χ1v) is 6.06. The van der Waals surface area contributed by atoms with Crippen LogP contribution in [0.1, 0.15) is 10.6 Å². The van der Waals surface area contributed by atoms with E-state index >= 15 is 0 Å². The Morgan fingerprint density at radius 1 is 1.44 bits per heavy atom. The van der Waals surface area contributed by atoms with Crippen LogP contribution >= 0.6 is 11.3 Å². The predicted molar refractivity (Wildman–Crippen MR) is 65.4 cm³/mol. The summed E-state index contributed by atoms with van der Waals surface area (Å²) in [6.07, 6.45) is 1.64. The minimum atomic E-state index is -0.572. The average molecular weight is 260 g/mol. The molecule has 7 heteroatoms. The summed E-state index contributed by atoms with van der Waals surface area (Å²) in [4.78, 5) is 19.5. The average Bonchev–Trinajstić information content (AvgIpc) is 3.05. The molecular formula is C11H8N4O2S. The van der Waals surface area contributed by atoms with Crippen LogP contribution in [0.25, 0.3) is 17.0 Å². The van der Waals surface area contributed by atoms with Crippen molar-refractivity contribution in [1.82, 2.24) is 19.6 Å². The molecule has 0 fully saturated rings. The number of esters is 1. The summed E-state index contributed by atoms with van der Waals surface area (Å²) in [6.45, 7) is 0. The molecule has 0 aliphatic carbocycles. The summed E-state index contributed by atoms with van der Waals surface area (Å²) in [5, 5.41) is 8.08. The normalized spacial score (nSPS) is 10.7. The molecule has 90 valence electrons. The van der Waals surface area contributed by atoms with Crippen LogP contribution in [0.5, 0.6) is 0 Å². The second-order valence-electron chi connectivity index (χ2n) is 3.48. The summed E-state index contributed by atoms with van der Waals surface area (Å²) in [6, 6.07) is 3.80. The number of ether oxygens (including phenoxy) is 1. The molecule has 3 aromatic heterocycles. The summed E-state index contributed by atoms with van der Waals surface area (Å²) in [5.41, 5.74) is 1.85. The molecule has 0 bridgehead atoms. The smallest absolute Gasteiger partial charge is 0.378 e. The largest absolute Gasteiger partial charge is 0.463 e. The molecule has 0 aliphatic rings. The summed E-state index contributed by atoms with van der Waals surface area (Å²) in [7, 11) is 1.29. The van der Waals surface area contributed by atoms with Gasteiger partial charge in [-0.1, -0.05) is 0 Å². The van der Waals surface area contributed by atoms with Crippen molar-refractivity contribution < 1.29 is 9.53 Å². The minimum Gasteiger partial charge on any atom is -0.463 e. The summed E-state index contributed by atoms with van der Waals surface area (Å²) >= 11 is 1.59. The van der Waals surface area contributed by atoms with Crippen molar-refractivity contribution in [1.29, 1.82) is 0 Å². The fraction of sp³-hybridized carbons (Fsp3) is 0.0909. The number of methoxy groups -OCH3 is 1. The predicted octanol–water partition coefficient (Wildman–Crippen LogP) is 1.64. The fourth-order valence-corrected chi connectivity index (χ4v) is 2.25. The van der Waals surface area contributed by atoms with Gasteiger partial charge in [0.1, 0.15) is 0 Å². The van der Waals surface area contributed by atoms with Gasteiger partial charge in [0.05, 0.1) is 12.8 Å². The van der Waals surface area contributed by atoms with E-state index in [4.69, 9.17) is 0 Å². The molecule has 0 amide bonds. The topological polar surface area (TPSA) is 69.4 Å². The number of fused-ring (bicyclic) bond motifs is 1. The van der Waals surface area contributed by atoms with Gasteiger partial charge < -0.3 is 4.74 Å². The Bertz CT molecular complexity index is 705. The Balaban J connectivity index is 2.22. The van der Waals surface area contributed by atoms with Crippen LogP contribution < -0.4 is 0 Å². The van der Waals surface area contributed by atoms with Crippen LogP contribution in [0.3, 0.4) is 0 Å². The van der Waals surface area contributed by atoms with E-state index in [-0.39, 0.29) is 5.82 Å². The Labute approximate surface area is 106 Å². The highest BCUT2D eigenvalue weighted by atomic mass is 32.1. The number of carbonyl (C=O) groups excluding carboxylic acids is 1. The lowest BCUT2D eigenvalue weighted by molar-refractivity contribution is 0.0587. The number of hydrogen-bond donors (Lipinski definition) is 0. The van der Waals surface area contributed by atoms with Gasteiger partial charge in [-0.2, -0.15) is 20.8 Å². The second kappa shape index (κ2) is 4.19. The standard InChI is InChI=1S/C11H8N4O2S/c1-17-10(16)9-13-11-12-4-2-8(15(11)14-9)7-3-5-18-6-7/h2-6H,1H3. The van der Waals surface area contributed by atoms with E-state index in [0.717, 1.165) is 11.3 Å². The fourth-order valence-electron chi connectivity index (χ4n) is 1.60. The van der Waals surface area contributed by atoms with E-state index in [9.17, 15) is 4.79 Å². The lowest BCUT2D eigenvalue weighted by Gasteiger charge is -1.99. The maximum Gasteiger partial charge on any atom is 0.378 e. The van der Waals surface area contributed by atoms with Gasteiger partial charge in [0.25, 0.3) is 11.6 Å². The minimum absolute atomic E-state index is 0.00711. The number of carbonyl (C=O) groups is 1. The number of thiophene rings is 1. The summed E-state index contributed by atoms with van der Waals surface area (Å²) in [5.74, 6) is -0.191. The van der Waals surface area contributed by atoms with E-state index in [1.54, 1.807) is 17.5 Å². The van der Waals surface area contributed by atoms with Crippen LogP contribution in [0.4, 0.5) is 0 Å². The number of hydrogen-bond acceptors (Lipinski definition) is 6. The molecule has 3 rings (SSSR count). The first kappa shape index (κ1) is 10.8.